The van der Waals surface area contributed by atoms with Crippen LogP contribution in [0.3, 0.4) is 0 Å². The van der Waals surface area contributed by atoms with Crippen molar-refractivity contribution >= 4 is 0 Å². The molecule has 2 heterocycles. The average molecular weight is 188 g/mol. The Morgan fingerprint density at radius 3 is 2.79 bits per heavy atom. The molecule has 2 rings (SSSR count). The van der Waals surface area contributed by atoms with Crippen molar-refractivity contribution in [3.63, 3.8) is 0 Å². The molecule has 0 fully saturated rings. The van der Waals surface area contributed by atoms with Crippen molar-refractivity contribution in [1.29, 1.82) is 0 Å². The molecule has 2 aromatic rings. The third kappa shape index (κ3) is 1.51. The van der Waals surface area contributed by atoms with Gasteiger partial charge in [-0.3, -0.25) is 0 Å². The normalized spacial score (nSPS) is 10.4. The highest BCUT2D eigenvalue weighted by molar-refractivity contribution is 5.43. The predicted molar refractivity (Wildman–Crippen MR) is 53.6 cm³/mol. The van der Waals surface area contributed by atoms with E-state index in [0.717, 1.165) is 17.9 Å². The van der Waals surface area contributed by atoms with Crippen molar-refractivity contribution in [2.24, 2.45) is 7.05 Å². The van der Waals surface area contributed by atoms with Crippen LogP contribution in [0.2, 0.25) is 0 Å². The van der Waals surface area contributed by atoms with Crippen molar-refractivity contribution in [2.45, 2.75) is 13.3 Å². The second-order valence-corrected chi connectivity index (χ2v) is 3.09. The molecule has 0 bridgehead atoms. The first kappa shape index (κ1) is 8.87. The van der Waals surface area contributed by atoms with Crippen LogP contribution in [0.25, 0.3) is 11.6 Å². The Hall–Kier alpha value is -1.71. The van der Waals surface area contributed by atoms with Crippen molar-refractivity contribution in [3.05, 3.63) is 30.4 Å². The smallest absolute Gasteiger partial charge is 0.196 e. The lowest BCUT2D eigenvalue weighted by molar-refractivity contribution is 0.895. The summed E-state index contributed by atoms with van der Waals surface area (Å²) in [4.78, 5) is 12.8. The zero-order chi connectivity index (χ0) is 9.97. The molecule has 0 saturated carbocycles. The molecule has 72 valence electrons. The molecule has 0 radical (unpaired) electrons. The highest BCUT2D eigenvalue weighted by Gasteiger charge is 2.06. The van der Waals surface area contributed by atoms with Crippen LogP contribution in [0.5, 0.6) is 0 Å². The van der Waals surface area contributed by atoms with E-state index in [9.17, 15) is 0 Å². The minimum absolute atomic E-state index is 0.692. The van der Waals surface area contributed by atoms with Gasteiger partial charge in [0.2, 0.25) is 0 Å². The van der Waals surface area contributed by atoms with Gasteiger partial charge in [-0.15, -0.1) is 0 Å². The van der Waals surface area contributed by atoms with E-state index in [0.29, 0.717) is 5.82 Å². The largest absolute Gasteiger partial charge is 0.331 e. The zero-order valence-electron chi connectivity index (χ0n) is 8.31. The molecule has 0 atom stereocenters. The highest BCUT2D eigenvalue weighted by Crippen LogP contribution is 2.10. The number of aryl methyl sites for hydroxylation is 2. The number of hydrogen-bond acceptors (Lipinski definition) is 3. The Bertz CT molecular complexity index is 433. The summed E-state index contributed by atoms with van der Waals surface area (Å²) in [7, 11) is 1.93. The Labute approximate surface area is 82.7 Å². The Morgan fingerprint density at radius 1 is 1.29 bits per heavy atom. The molecule has 4 nitrogen and oxygen atoms in total. The Kier molecular flexibility index (Phi) is 2.26. The molecule has 0 amide bonds. The maximum atomic E-state index is 4.40. The minimum atomic E-state index is 0.692. The first-order valence-corrected chi connectivity index (χ1v) is 4.61. The quantitative estimate of drug-likeness (QED) is 0.716. The third-order valence-electron chi connectivity index (χ3n) is 2.10. The summed E-state index contributed by atoms with van der Waals surface area (Å²) in [5, 5.41) is 0. The molecule has 0 aliphatic heterocycles. The maximum Gasteiger partial charge on any atom is 0.196 e. The van der Waals surface area contributed by atoms with E-state index < -0.39 is 0 Å². The van der Waals surface area contributed by atoms with Gasteiger partial charge in [0.15, 0.2) is 11.6 Å². The minimum Gasteiger partial charge on any atom is -0.331 e. The fourth-order valence-electron chi connectivity index (χ4n) is 1.28. The summed E-state index contributed by atoms with van der Waals surface area (Å²) >= 11 is 0. The van der Waals surface area contributed by atoms with Crippen molar-refractivity contribution in [3.8, 4) is 11.6 Å². The van der Waals surface area contributed by atoms with Crippen LogP contribution in [0.1, 0.15) is 12.6 Å². The van der Waals surface area contributed by atoms with Crippen molar-refractivity contribution in [1.82, 2.24) is 19.5 Å². The molecule has 0 aliphatic rings. The molecule has 0 aliphatic carbocycles. The molecular weight excluding hydrogens is 176 g/mol. The van der Waals surface area contributed by atoms with Gasteiger partial charge in [-0.05, 0) is 12.5 Å². The van der Waals surface area contributed by atoms with Crippen LogP contribution in [0.4, 0.5) is 0 Å². The van der Waals surface area contributed by atoms with Crippen LogP contribution < -0.4 is 0 Å². The van der Waals surface area contributed by atoms with Gasteiger partial charge in [-0.1, -0.05) is 6.92 Å². The number of aromatic nitrogens is 4. The van der Waals surface area contributed by atoms with Crippen molar-refractivity contribution < 1.29 is 0 Å². The summed E-state index contributed by atoms with van der Waals surface area (Å²) in [6.45, 7) is 2.07. The van der Waals surface area contributed by atoms with E-state index >= 15 is 0 Å². The molecule has 4 heteroatoms. The second-order valence-electron chi connectivity index (χ2n) is 3.09. The van der Waals surface area contributed by atoms with Crippen LogP contribution in [0.15, 0.2) is 24.7 Å². The predicted octanol–water partition coefficient (Wildman–Crippen LogP) is 1.44. The first-order chi connectivity index (χ1) is 6.81. The topological polar surface area (TPSA) is 43.6 Å². The number of hydrogen-bond donors (Lipinski definition) is 0. The summed E-state index contributed by atoms with van der Waals surface area (Å²) in [6.07, 6.45) is 6.32. The van der Waals surface area contributed by atoms with E-state index in [2.05, 4.69) is 21.9 Å². The van der Waals surface area contributed by atoms with E-state index in [4.69, 9.17) is 0 Å². The van der Waals surface area contributed by atoms with Gasteiger partial charge in [0, 0.05) is 31.3 Å². The highest BCUT2D eigenvalue weighted by atomic mass is 15.1. The number of rotatable bonds is 2. The Balaban J connectivity index is 2.47. The number of nitrogens with zero attached hydrogens (tertiary/aromatic N) is 4. The van der Waals surface area contributed by atoms with Crippen LogP contribution in [-0.4, -0.2) is 19.5 Å². The molecule has 14 heavy (non-hydrogen) atoms. The van der Waals surface area contributed by atoms with Gasteiger partial charge in [-0.25, -0.2) is 15.0 Å². The van der Waals surface area contributed by atoms with E-state index in [-0.39, 0.29) is 0 Å². The monoisotopic (exact) mass is 188 g/mol. The molecule has 0 saturated heterocycles. The molecule has 2 aromatic heterocycles. The first-order valence-electron chi connectivity index (χ1n) is 4.61. The van der Waals surface area contributed by atoms with E-state index in [1.54, 1.807) is 12.4 Å². The molecule has 0 unspecified atom stereocenters. The SMILES string of the molecule is CCc1ccnc(-c2nccn2C)n1. The van der Waals surface area contributed by atoms with Gasteiger partial charge in [0.25, 0.3) is 0 Å². The van der Waals surface area contributed by atoms with Crippen molar-refractivity contribution in [2.75, 3.05) is 0 Å². The summed E-state index contributed by atoms with van der Waals surface area (Å²) in [5.41, 5.74) is 1.04. The van der Waals surface area contributed by atoms with Gasteiger partial charge in [0.1, 0.15) is 0 Å². The Morgan fingerprint density at radius 2 is 2.14 bits per heavy atom. The molecule has 0 N–H and O–H groups in total. The summed E-state index contributed by atoms with van der Waals surface area (Å²) in [5.74, 6) is 1.50. The van der Waals surface area contributed by atoms with E-state index in [1.165, 1.54) is 0 Å². The summed E-state index contributed by atoms with van der Waals surface area (Å²) < 4.78 is 1.91. The molecular formula is C10H12N4. The lowest BCUT2D eigenvalue weighted by Crippen LogP contribution is -1.98. The van der Waals surface area contributed by atoms with Gasteiger partial charge in [0.05, 0.1) is 0 Å². The van der Waals surface area contributed by atoms with Gasteiger partial charge in [-0.2, -0.15) is 0 Å². The fourth-order valence-corrected chi connectivity index (χ4v) is 1.28. The lowest BCUT2D eigenvalue weighted by Gasteiger charge is -2.01. The summed E-state index contributed by atoms with van der Waals surface area (Å²) in [6, 6.07) is 1.92. The molecule has 0 spiro atoms. The standard InChI is InChI=1S/C10H12N4/c1-3-8-4-5-11-9(13-8)10-12-6-7-14(10)2/h4-7H,3H2,1-2H3. The third-order valence-corrected chi connectivity index (χ3v) is 2.10. The molecule has 0 aromatic carbocycles. The van der Waals surface area contributed by atoms with Crippen LogP contribution in [0, 0.1) is 0 Å². The van der Waals surface area contributed by atoms with E-state index in [1.807, 2.05) is 23.9 Å². The second kappa shape index (κ2) is 3.57. The lowest BCUT2D eigenvalue weighted by atomic mass is 10.3. The zero-order valence-corrected chi connectivity index (χ0v) is 8.31. The number of imidazole rings is 1. The fraction of sp³-hybridized carbons (Fsp3) is 0.300. The van der Waals surface area contributed by atoms with Gasteiger partial charge >= 0.3 is 0 Å². The van der Waals surface area contributed by atoms with Gasteiger partial charge < -0.3 is 4.57 Å². The van der Waals surface area contributed by atoms with Crippen LogP contribution >= 0.6 is 0 Å². The average Bonchev–Trinajstić information content (AvgIpc) is 2.65. The van der Waals surface area contributed by atoms with Crippen LogP contribution in [-0.2, 0) is 13.5 Å². The maximum absolute atomic E-state index is 4.40.